The first kappa shape index (κ1) is 26.4. The summed E-state index contributed by atoms with van der Waals surface area (Å²) in [5.41, 5.74) is 1.85. The third-order valence-electron chi connectivity index (χ3n) is 5.51. The van der Waals surface area contributed by atoms with E-state index in [9.17, 15) is 18.0 Å². The molecule has 0 aromatic heterocycles. The number of carbonyl (C=O) groups is 2. The lowest BCUT2D eigenvalue weighted by molar-refractivity contribution is -0.142. The van der Waals surface area contributed by atoms with Crippen LogP contribution in [-0.4, -0.2) is 70.6 Å². The van der Waals surface area contributed by atoms with Crippen molar-refractivity contribution in [1.29, 1.82) is 0 Å². The number of anilines is 2. The van der Waals surface area contributed by atoms with Gasteiger partial charge in [-0.3, -0.25) is 4.79 Å². The highest BCUT2D eigenvalue weighted by Gasteiger charge is 2.27. The number of carbonyl (C=O) groups excluding carboxylic acids is 2. The summed E-state index contributed by atoms with van der Waals surface area (Å²) in [5, 5.41) is 2.71. The van der Waals surface area contributed by atoms with Crippen molar-refractivity contribution in [3.8, 4) is 0 Å². The normalized spacial score (nSPS) is 14.6. The van der Waals surface area contributed by atoms with Gasteiger partial charge < -0.3 is 19.7 Å². The number of nitrogens with zero attached hydrogens (tertiary/aromatic N) is 2. The maximum Gasteiger partial charge on any atom is 0.331 e. The fraction of sp³-hybridized carbons (Fsp3) is 0.360. The summed E-state index contributed by atoms with van der Waals surface area (Å²) in [6.45, 7) is 5.97. The van der Waals surface area contributed by atoms with Crippen molar-refractivity contribution in [2.24, 2.45) is 0 Å². The molecule has 1 aliphatic rings. The molecule has 1 fully saturated rings. The number of hydrogen-bond donors (Lipinski definition) is 1. The topological polar surface area (TPSA) is 105 Å². The lowest BCUT2D eigenvalue weighted by Gasteiger charge is -2.28. The predicted octanol–water partition coefficient (Wildman–Crippen LogP) is 2.75. The maximum absolute atomic E-state index is 13.1. The molecule has 2 aromatic carbocycles. The first-order chi connectivity index (χ1) is 16.8. The van der Waals surface area contributed by atoms with Gasteiger partial charge in [0.25, 0.3) is 5.91 Å². The highest BCUT2D eigenvalue weighted by Crippen LogP contribution is 2.30. The molecule has 0 saturated carbocycles. The molecule has 1 amide bonds. The van der Waals surface area contributed by atoms with Gasteiger partial charge in [-0.05, 0) is 43.7 Å². The third-order valence-corrected chi connectivity index (χ3v) is 7.41. The van der Waals surface area contributed by atoms with E-state index in [1.54, 1.807) is 18.2 Å². The molecule has 1 N–H and O–H groups in total. The summed E-state index contributed by atoms with van der Waals surface area (Å²) < 4.78 is 37.9. The van der Waals surface area contributed by atoms with Crippen LogP contribution in [-0.2, 0) is 29.1 Å². The summed E-state index contributed by atoms with van der Waals surface area (Å²) >= 11 is 0. The highest BCUT2D eigenvalue weighted by atomic mass is 32.2. The Bertz CT molecular complexity index is 1140. The van der Waals surface area contributed by atoms with Crippen molar-refractivity contribution in [3.05, 3.63) is 60.2 Å². The molecule has 1 aliphatic heterocycles. The van der Waals surface area contributed by atoms with Crippen LogP contribution < -0.4 is 10.2 Å². The van der Waals surface area contributed by atoms with Crippen molar-refractivity contribution in [2.75, 3.05) is 56.2 Å². The van der Waals surface area contributed by atoms with Crippen LogP contribution in [0, 0.1) is 0 Å². The average molecular weight is 502 g/mol. The van der Waals surface area contributed by atoms with Crippen LogP contribution in [0.15, 0.2) is 59.5 Å². The molecule has 9 nitrogen and oxygen atoms in total. The molecule has 0 atom stereocenters. The number of sulfonamides is 1. The smallest absolute Gasteiger partial charge is 0.331 e. The zero-order valence-electron chi connectivity index (χ0n) is 20.0. The van der Waals surface area contributed by atoms with E-state index in [1.165, 1.54) is 16.4 Å². The van der Waals surface area contributed by atoms with Crippen LogP contribution in [0.25, 0.3) is 6.08 Å². The fourth-order valence-corrected chi connectivity index (χ4v) is 5.09. The molecule has 0 aliphatic carbocycles. The van der Waals surface area contributed by atoms with Gasteiger partial charge in [-0.25, -0.2) is 13.2 Å². The highest BCUT2D eigenvalue weighted by molar-refractivity contribution is 7.89. The number of ether oxygens (including phenoxy) is 2. The monoisotopic (exact) mass is 501 g/mol. The second-order valence-electron chi connectivity index (χ2n) is 7.77. The molecular weight excluding hydrogens is 470 g/mol. The lowest BCUT2D eigenvalue weighted by atomic mass is 10.2. The second-order valence-corrected chi connectivity index (χ2v) is 9.71. The van der Waals surface area contributed by atoms with Crippen molar-refractivity contribution in [1.82, 2.24) is 4.31 Å². The van der Waals surface area contributed by atoms with Gasteiger partial charge in [-0.1, -0.05) is 30.3 Å². The van der Waals surface area contributed by atoms with Crippen molar-refractivity contribution in [3.63, 3.8) is 0 Å². The van der Waals surface area contributed by atoms with Gasteiger partial charge in [0.05, 0.1) is 29.5 Å². The Kier molecular flexibility index (Phi) is 9.41. The summed E-state index contributed by atoms with van der Waals surface area (Å²) in [6, 6.07) is 13.9. The van der Waals surface area contributed by atoms with E-state index in [4.69, 9.17) is 9.47 Å². The average Bonchev–Trinajstić information content (AvgIpc) is 2.88. The molecule has 3 rings (SSSR count). The molecule has 35 heavy (non-hydrogen) atoms. The number of nitrogens with one attached hydrogen (secondary N) is 1. The van der Waals surface area contributed by atoms with Crippen molar-refractivity contribution < 1.29 is 27.5 Å². The minimum absolute atomic E-state index is 0.0772. The van der Waals surface area contributed by atoms with Gasteiger partial charge >= 0.3 is 5.97 Å². The summed E-state index contributed by atoms with van der Waals surface area (Å²) in [6.07, 6.45) is 2.85. The van der Waals surface area contributed by atoms with E-state index in [0.717, 1.165) is 5.56 Å². The Morgan fingerprint density at radius 3 is 2.43 bits per heavy atom. The summed E-state index contributed by atoms with van der Waals surface area (Å²) in [7, 11) is -3.75. The Morgan fingerprint density at radius 1 is 1.09 bits per heavy atom. The van der Waals surface area contributed by atoms with Gasteiger partial charge in [0, 0.05) is 32.3 Å². The van der Waals surface area contributed by atoms with E-state index in [0.29, 0.717) is 37.7 Å². The van der Waals surface area contributed by atoms with Gasteiger partial charge in [0.2, 0.25) is 10.0 Å². The Hall–Kier alpha value is -3.21. The summed E-state index contributed by atoms with van der Waals surface area (Å²) in [5.74, 6) is -1.22. The predicted molar refractivity (Wildman–Crippen MR) is 135 cm³/mol. The molecule has 0 spiro atoms. The quantitative estimate of drug-likeness (QED) is 0.394. The number of amides is 1. The van der Waals surface area contributed by atoms with E-state index in [1.807, 2.05) is 49.1 Å². The molecule has 188 valence electrons. The number of esters is 1. The van der Waals surface area contributed by atoms with Gasteiger partial charge in [-0.2, -0.15) is 4.31 Å². The maximum atomic E-state index is 13.1. The molecule has 0 radical (unpaired) electrons. The van der Waals surface area contributed by atoms with E-state index < -0.39 is 28.5 Å². The first-order valence-electron chi connectivity index (χ1n) is 11.5. The SMILES string of the molecule is CCN(CC)c1ccc(S(=O)(=O)N2CCOCC2)cc1NC(=O)COC(=O)/C=C\c1ccccc1. The van der Waals surface area contributed by atoms with Crippen LogP contribution in [0.1, 0.15) is 19.4 Å². The molecule has 0 bridgehead atoms. The van der Waals surface area contributed by atoms with Gasteiger partial charge in [0.15, 0.2) is 6.61 Å². The number of morpholine rings is 1. The van der Waals surface area contributed by atoms with Crippen LogP contribution in [0.5, 0.6) is 0 Å². The Balaban J connectivity index is 1.74. The Morgan fingerprint density at radius 2 is 1.77 bits per heavy atom. The van der Waals surface area contributed by atoms with E-state index in [2.05, 4.69) is 5.32 Å². The second kappa shape index (κ2) is 12.5. The van der Waals surface area contributed by atoms with E-state index in [-0.39, 0.29) is 18.0 Å². The van der Waals surface area contributed by atoms with Gasteiger partial charge in [0.1, 0.15) is 0 Å². The molecule has 1 heterocycles. The largest absolute Gasteiger partial charge is 0.452 e. The summed E-state index contributed by atoms with van der Waals surface area (Å²) in [4.78, 5) is 26.7. The molecular formula is C25H31N3O6S. The van der Waals surface area contributed by atoms with Crippen molar-refractivity contribution in [2.45, 2.75) is 18.7 Å². The van der Waals surface area contributed by atoms with Crippen LogP contribution >= 0.6 is 0 Å². The van der Waals surface area contributed by atoms with Crippen LogP contribution in [0.2, 0.25) is 0 Å². The van der Waals surface area contributed by atoms with Gasteiger partial charge in [-0.15, -0.1) is 0 Å². The number of rotatable bonds is 10. The molecule has 10 heteroatoms. The van der Waals surface area contributed by atoms with Crippen LogP contribution in [0.3, 0.4) is 0 Å². The minimum atomic E-state index is -3.75. The first-order valence-corrected chi connectivity index (χ1v) is 13.0. The Labute approximate surface area is 206 Å². The molecule has 1 saturated heterocycles. The third kappa shape index (κ3) is 7.14. The van der Waals surface area contributed by atoms with Crippen molar-refractivity contribution >= 4 is 39.4 Å². The lowest BCUT2D eigenvalue weighted by Crippen LogP contribution is -2.40. The fourth-order valence-electron chi connectivity index (χ4n) is 3.65. The van der Waals surface area contributed by atoms with E-state index >= 15 is 0 Å². The zero-order chi connectivity index (χ0) is 25.3. The number of hydrogen-bond acceptors (Lipinski definition) is 7. The standard InChI is InChI=1S/C25H31N3O6S/c1-3-27(4-2)23-12-11-21(35(31,32)28-14-16-33-17-15-28)18-22(23)26-24(29)19-34-25(30)13-10-20-8-6-5-7-9-20/h5-13,18H,3-4,14-17,19H2,1-2H3,(H,26,29)/b13-10-. The minimum Gasteiger partial charge on any atom is -0.452 e. The van der Waals surface area contributed by atoms with Crippen LogP contribution in [0.4, 0.5) is 11.4 Å². The molecule has 2 aromatic rings. The molecule has 0 unspecified atom stereocenters. The number of benzene rings is 2. The zero-order valence-corrected chi connectivity index (χ0v) is 20.8.